The fourth-order valence-electron chi connectivity index (χ4n) is 1.54. The van der Waals surface area contributed by atoms with Gasteiger partial charge in [-0.15, -0.1) is 0 Å². The third-order valence-corrected chi connectivity index (χ3v) is 3.12. The van der Waals surface area contributed by atoms with Crippen molar-refractivity contribution in [1.82, 2.24) is 0 Å². The maximum Gasteiger partial charge on any atom is -0.0206 e. The fourth-order valence-corrected chi connectivity index (χ4v) is 1.54. The van der Waals surface area contributed by atoms with Crippen molar-refractivity contribution in [1.29, 1.82) is 0 Å². The smallest absolute Gasteiger partial charge is 0.0206 e. The summed E-state index contributed by atoms with van der Waals surface area (Å²) in [6.45, 7) is 21.5. The SMILES string of the molecule is C=C(CC)C(CCC)CCC.CC.CCC(C)C. The number of hydrogen-bond acceptors (Lipinski definition) is 0. The summed E-state index contributed by atoms with van der Waals surface area (Å²) in [5.74, 6) is 1.69. The van der Waals surface area contributed by atoms with Gasteiger partial charge in [0.15, 0.2) is 0 Å². The van der Waals surface area contributed by atoms with Crippen LogP contribution in [-0.2, 0) is 0 Å². The zero-order valence-corrected chi connectivity index (χ0v) is 14.6. The molecule has 0 nitrogen and oxygen atoms in total. The van der Waals surface area contributed by atoms with Crippen LogP contribution in [0.2, 0.25) is 0 Å². The Morgan fingerprint density at radius 3 is 1.39 bits per heavy atom. The van der Waals surface area contributed by atoms with Gasteiger partial charge in [-0.3, -0.25) is 0 Å². The molecule has 0 N–H and O–H groups in total. The van der Waals surface area contributed by atoms with Crippen LogP contribution < -0.4 is 0 Å². The Labute approximate surface area is 118 Å². The van der Waals surface area contributed by atoms with Crippen LogP contribution in [0.15, 0.2) is 12.2 Å². The Kier molecular flexibility index (Phi) is 24.3. The van der Waals surface area contributed by atoms with Gasteiger partial charge in [0.2, 0.25) is 0 Å². The molecule has 0 aliphatic rings. The highest BCUT2D eigenvalue weighted by Gasteiger charge is 2.07. The van der Waals surface area contributed by atoms with Crippen LogP contribution in [0.1, 0.15) is 93.9 Å². The molecule has 0 aromatic carbocycles. The van der Waals surface area contributed by atoms with Gasteiger partial charge < -0.3 is 0 Å². The van der Waals surface area contributed by atoms with E-state index in [-0.39, 0.29) is 0 Å². The van der Waals surface area contributed by atoms with E-state index in [1.54, 1.807) is 0 Å². The monoisotopic (exact) mass is 256 g/mol. The average Bonchev–Trinajstić information content (AvgIpc) is 2.40. The number of allylic oxidation sites excluding steroid dienone is 1. The minimum atomic E-state index is 0.801. The molecule has 0 saturated heterocycles. The van der Waals surface area contributed by atoms with Gasteiger partial charge >= 0.3 is 0 Å². The zero-order chi connectivity index (χ0) is 15.0. The summed E-state index contributed by atoms with van der Waals surface area (Å²) in [6, 6.07) is 0. The standard InChI is InChI=1S/C11H22.C5H12.C2H6/c1-5-8-11(9-6-2)10(4)7-3;1-4-5(2)3;1-2/h11H,4-9H2,1-3H3;5H,4H2,1-3H3;1-2H3. The number of rotatable bonds is 7. The lowest BCUT2D eigenvalue weighted by molar-refractivity contribution is 0.495. The minimum absolute atomic E-state index is 0.801. The molecular weight excluding hydrogens is 216 g/mol. The van der Waals surface area contributed by atoms with Gasteiger partial charge in [-0.1, -0.05) is 86.8 Å². The summed E-state index contributed by atoms with van der Waals surface area (Å²) in [6.07, 6.45) is 7.72. The summed E-state index contributed by atoms with van der Waals surface area (Å²) in [5, 5.41) is 0. The summed E-state index contributed by atoms with van der Waals surface area (Å²) in [5.41, 5.74) is 1.45. The molecule has 0 atom stereocenters. The first-order valence-corrected chi connectivity index (χ1v) is 8.20. The second kappa shape index (κ2) is 19.1. The highest BCUT2D eigenvalue weighted by Crippen LogP contribution is 2.22. The second-order valence-electron chi connectivity index (χ2n) is 5.09. The Bertz CT molecular complexity index is 138. The summed E-state index contributed by atoms with van der Waals surface area (Å²) < 4.78 is 0. The van der Waals surface area contributed by atoms with Crippen LogP contribution in [0.3, 0.4) is 0 Å². The van der Waals surface area contributed by atoms with Gasteiger partial charge in [-0.05, 0) is 31.1 Å². The van der Waals surface area contributed by atoms with Gasteiger partial charge in [0, 0.05) is 0 Å². The molecule has 0 aliphatic heterocycles. The molecule has 0 aromatic heterocycles. The summed E-state index contributed by atoms with van der Waals surface area (Å²) in [7, 11) is 0. The van der Waals surface area contributed by atoms with Gasteiger partial charge in [-0.25, -0.2) is 0 Å². The average molecular weight is 257 g/mol. The topological polar surface area (TPSA) is 0 Å². The van der Waals surface area contributed by atoms with Gasteiger partial charge in [-0.2, -0.15) is 0 Å². The van der Waals surface area contributed by atoms with E-state index >= 15 is 0 Å². The molecule has 0 heterocycles. The molecule has 0 rings (SSSR count). The second-order valence-corrected chi connectivity index (χ2v) is 5.09. The Balaban J connectivity index is -0.000000270. The third-order valence-electron chi connectivity index (χ3n) is 3.12. The molecule has 0 aliphatic carbocycles. The normalized spacial score (nSPS) is 9.44. The molecule has 0 aromatic rings. The van der Waals surface area contributed by atoms with Crippen LogP contribution in [0.4, 0.5) is 0 Å². The highest BCUT2D eigenvalue weighted by atomic mass is 14.1. The van der Waals surface area contributed by atoms with Crippen LogP contribution >= 0.6 is 0 Å². The lowest BCUT2D eigenvalue weighted by Crippen LogP contribution is -2.01. The molecular formula is C18H40. The molecule has 0 unspecified atom stereocenters. The molecule has 0 amide bonds. The first kappa shape index (κ1) is 22.9. The van der Waals surface area contributed by atoms with Crippen LogP contribution in [0, 0.1) is 11.8 Å². The van der Waals surface area contributed by atoms with Gasteiger partial charge in [0.1, 0.15) is 0 Å². The molecule has 0 radical (unpaired) electrons. The van der Waals surface area contributed by atoms with Crippen LogP contribution in [0.25, 0.3) is 0 Å². The van der Waals surface area contributed by atoms with E-state index in [9.17, 15) is 0 Å². The summed E-state index contributed by atoms with van der Waals surface area (Å²) in [4.78, 5) is 0. The van der Waals surface area contributed by atoms with Crippen molar-refractivity contribution in [3.63, 3.8) is 0 Å². The largest absolute Gasteiger partial charge is 0.0996 e. The van der Waals surface area contributed by atoms with Gasteiger partial charge in [0.25, 0.3) is 0 Å². The Hall–Kier alpha value is -0.260. The van der Waals surface area contributed by atoms with E-state index < -0.39 is 0 Å². The van der Waals surface area contributed by atoms with Crippen molar-refractivity contribution < 1.29 is 0 Å². The Morgan fingerprint density at radius 1 is 0.889 bits per heavy atom. The van der Waals surface area contributed by atoms with Crippen LogP contribution in [0.5, 0.6) is 0 Å². The zero-order valence-electron chi connectivity index (χ0n) is 14.6. The van der Waals surface area contributed by atoms with Crippen molar-refractivity contribution in [3.8, 4) is 0 Å². The highest BCUT2D eigenvalue weighted by molar-refractivity contribution is 4.99. The van der Waals surface area contributed by atoms with Crippen molar-refractivity contribution in [2.24, 2.45) is 11.8 Å². The molecule has 0 saturated carbocycles. The first-order valence-electron chi connectivity index (χ1n) is 8.20. The lowest BCUT2D eigenvalue weighted by atomic mass is 9.90. The van der Waals surface area contributed by atoms with E-state index in [4.69, 9.17) is 0 Å². The predicted octanol–water partition coefficient (Wildman–Crippen LogP) is 7.25. The predicted molar refractivity (Wildman–Crippen MR) is 89.2 cm³/mol. The third kappa shape index (κ3) is 18.1. The fraction of sp³-hybridized carbons (Fsp3) is 0.889. The lowest BCUT2D eigenvalue weighted by Gasteiger charge is -2.16. The maximum absolute atomic E-state index is 4.11. The van der Waals surface area contributed by atoms with E-state index in [1.165, 1.54) is 37.7 Å². The van der Waals surface area contributed by atoms with E-state index in [2.05, 4.69) is 48.1 Å². The molecule has 0 bridgehead atoms. The van der Waals surface area contributed by atoms with Crippen molar-refractivity contribution in [3.05, 3.63) is 12.2 Å². The Morgan fingerprint density at radius 2 is 1.22 bits per heavy atom. The molecule has 0 spiro atoms. The van der Waals surface area contributed by atoms with Crippen molar-refractivity contribution in [2.75, 3.05) is 0 Å². The quantitative estimate of drug-likeness (QED) is 0.421. The number of hydrogen-bond donors (Lipinski definition) is 0. The van der Waals surface area contributed by atoms with Crippen molar-refractivity contribution in [2.45, 2.75) is 93.9 Å². The van der Waals surface area contributed by atoms with Crippen molar-refractivity contribution >= 4 is 0 Å². The maximum atomic E-state index is 4.11. The first-order chi connectivity index (χ1) is 8.53. The summed E-state index contributed by atoms with van der Waals surface area (Å²) >= 11 is 0. The molecule has 18 heavy (non-hydrogen) atoms. The van der Waals surface area contributed by atoms with E-state index in [0.717, 1.165) is 18.3 Å². The van der Waals surface area contributed by atoms with E-state index in [1.807, 2.05) is 13.8 Å². The van der Waals surface area contributed by atoms with E-state index in [0.29, 0.717) is 0 Å². The minimum Gasteiger partial charge on any atom is -0.0996 e. The van der Waals surface area contributed by atoms with Gasteiger partial charge in [0.05, 0.1) is 0 Å². The molecule has 0 fully saturated rings. The molecule has 0 heteroatoms. The van der Waals surface area contributed by atoms with Crippen LogP contribution in [-0.4, -0.2) is 0 Å². The molecule has 112 valence electrons.